The molecule has 0 bridgehead atoms. The SMILES string of the molecule is CNCC1CCN(C(=O)Cn2c(C)nc3ccccc32)C1. The van der Waals surface area contributed by atoms with Crippen molar-refractivity contribution in [2.45, 2.75) is 19.9 Å². The maximum absolute atomic E-state index is 12.5. The molecule has 21 heavy (non-hydrogen) atoms. The number of aromatic nitrogens is 2. The Labute approximate surface area is 125 Å². The predicted molar refractivity (Wildman–Crippen MR) is 83.1 cm³/mol. The van der Waals surface area contributed by atoms with Gasteiger partial charge in [0.15, 0.2) is 0 Å². The minimum atomic E-state index is 0.194. The van der Waals surface area contributed by atoms with Gasteiger partial charge in [0.1, 0.15) is 12.4 Å². The number of benzene rings is 1. The average Bonchev–Trinajstić information content (AvgIpc) is 3.05. The second-order valence-corrected chi connectivity index (χ2v) is 5.79. The summed E-state index contributed by atoms with van der Waals surface area (Å²) in [4.78, 5) is 19.0. The standard InChI is InChI=1S/C16H22N4O/c1-12-18-14-5-3-4-6-15(14)20(12)11-16(21)19-8-7-13(10-19)9-17-2/h3-6,13,17H,7-11H2,1-2H3. The van der Waals surface area contributed by atoms with Crippen molar-refractivity contribution in [3.8, 4) is 0 Å². The van der Waals surface area contributed by atoms with E-state index < -0.39 is 0 Å². The minimum Gasteiger partial charge on any atom is -0.341 e. The zero-order valence-electron chi connectivity index (χ0n) is 12.7. The quantitative estimate of drug-likeness (QED) is 0.924. The molecular weight excluding hydrogens is 264 g/mol. The van der Waals surface area contributed by atoms with Crippen LogP contribution < -0.4 is 5.32 Å². The Bertz CT molecular complexity index is 649. The van der Waals surface area contributed by atoms with Gasteiger partial charge in [-0.2, -0.15) is 0 Å². The van der Waals surface area contributed by atoms with E-state index >= 15 is 0 Å². The molecule has 0 aliphatic carbocycles. The van der Waals surface area contributed by atoms with E-state index in [1.54, 1.807) is 0 Å². The highest BCUT2D eigenvalue weighted by molar-refractivity contribution is 5.81. The largest absolute Gasteiger partial charge is 0.341 e. The van der Waals surface area contributed by atoms with Gasteiger partial charge in [0.05, 0.1) is 11.0 Å². The highest BCUT2D eigenvalue weighted by atomic mass is 16.2. The number of rotatable bonds is 4. The number of nitrogens with zero attached hydrogens (tertiary/aromatic N) is 3. The maximum atomic E-state index is 12.5. The molecule has 1 N–H and O–H groups in total. The molecule has 0 saturated carbocycles. The molecule has 5 heteroatoms. The van der Waals surface area contributed by atoms with E-state index in [0.717, 1.165) is 42.9 Å². The van der Waals surface area contributed by atoms with E-state index in [-0.39, 0.29) is 5.91 Å². The van der Waals surface area contributed by atoms with Crippen molar-refractivity contribution < 1.29 is 4.79 Å². The predicted octanol–water partition coefficient (Wildman–Crippen LogP) is 1.41. The fourth-order valence-corrected chi connectivity index (χ4v) is 3.15. The number of carbonyl (C=O) groups excluding carboxylic acids is 1. The molecule has 112 valence electrons. The number of carbonyl (C=O) groups is 1. The summed E-state index contributed by atoms with van der Waals surface area (Å²) in [5.74, 6) is 1.68. The van der Waals surface area contributed by atoms with Crippen LogP contribution in [0, 0.1) is 12.8 Å². The van der Waals surface area contributed by atoms with Gasteiger partial charge in [-0.15, -0.1) is 0 Å². The van der Waals surface area contributed by atoms with Crippen LogP contribution in [-0.2, 0) is 11.3 Å². The van der Waals surface area contributed by atoms with Gasteiger partial charge in [-0.05, 0) is 45.0 Å². The van der Waals surface area contributed by atoms with Crippen molar-refractivity contribution in [2.24, 2.45) is 5.92 Å². The number of nitrogens with one attached hydrogen (secondary N) is 1. The molecule has 1 aromatic heterocycles. The summed E-state index contributed by atoms with van der Waals surface area (Å²) in [6.45, 7) is 5.07. The lowest BCUT2D eigenvalue weighted by molar-refractivity contribution is -0.130. The van der Waals surface area contributed by atoms with E-state index in [9.17, 15) is 4.79 Å². The number of likely N-dealkylation sites (tertiary alicyclic amines) is 1. The van der Waals surface area contributed by atoms with E-state index in [1.807, 2.05) is 47.7 Å². The topological polar surface area (TPSA) is 50.2 Å². The lowest BCUT2D eigenvalue weighted by Gasteiger charge is -2.17. The summed E-state index contributed by atoms with van der Waals surface area (Å²) in [5, 5.41) is 3.19. The van der Waals surface area contributed by atoms with Gasteiger partial charge in [-0.1, -0.05) is 12.1 Å². The molecule has 1 unspecified atom stereocenters. The van der Waals surface area contributed by atoms with Crippen LogP contribution in [-0.4, -0.2) is 47.0 Å². The summed E-state index contributed by atoms with van der Waals surface area (Å²) in [7, 11) is 1.96. The molecule has 1 aliphatic heterocycles. The van der Waals surface area contributed by atoms with Crippen LogP contribution in [0.3, 0.4) is 0 Å². The lowest BCUT2D eigenvalue weighted by Crippen LogP contribution is -2.33. The number of amides is 1. The molecule has 2 aromatic rings. The fraction of sp³-hybridized carbons (Fsp3) is 0.500. The molecule has 1 aromatic carbocycles. The van der Waals surface area contributed by atoms with E-state index in [2.05, 4.69) is 10.3 Å². The second-order valence-electron chi connectivity index (χ2n) is 5.79. The van der Waals surface area contributed by atoms with Crippen LogP contribution in [0.1, 0.15) is 12.2 Å². The summed E-state index contributed by atoms with van der Waals surface area (Å²) >= 11 is 0. The van der Waals surface area contributed by atoms with Gasteiger partial charge in [0, 0.05) is 13.1 Å². The highest BCUT2D eigenvalue weighted by Gasteiger charge is 2.26. The second kappa shape index (κ2) is 5.85. The first-order valence-corrected chi connectivity index (χ1v) is 7.53. The molecule has 0 spiro atoms. The minimum absolute atomic E-state index is 0.194. The molecule has 1 fully saturated rings. The van der Waals surface area contributed by atoms with Crippen molar-refractivity contribution in [1.29, 1.82) is 0 Å². The van der Waals surface area contributed by atoms with Gasteiger partial charge in [-0.3, -0.25) is 4.79 Å². The van der Waals surface area contributed by atoms with Gasteiger partial charge in [0.25, 0.3) is 0 Å². The normalized spacial score (nSPS) is 18.6. The Balaban J connectivity index is 1.74. The van der Waals surface area contributed by atoms with E-state index in [4.69, 9.17) is 0 Å². The summed E-state index contributed by atoms with van der Waals surface area (Å²) in [5.41, 5.74) is 1.99. The van der Waals surface area contributed by atoms with Crippen molar-refractivity contribution in [3.05, 3.63) is 30.1 Å². The molecule has 0 radical (unpaired) electrons. The van der Waals surface area contributed by atoms with Crippen LogP contribution in [0.4, 0.5) is 0 Å². The smallest absolute Gasteiger partial charge is 0.242 e. The van der Waals surface area contributed by atoms with Gasteiger partial charge in [-0.25, -0.2) is 4.98 Å². The molecule has 5 nitrogen and oxygen atoms in total. The number of imidazole rings is 1. The number of hydrogen-bond acceptors (Lipinski definition) is 3. The summed E-state index contributed by atoms with van der Waals surface area (Å²) < 4.78 is 2.02. The highest BCUT2D eigenvalue weighted by Crippen LogP contribution is 2.19. The maximum Gasteiger partial charge on any atom is 0.242 e. The Morgan fingerprint density at radius 3 is 3.05 bits per heavy atom. The van der Waals surface area contributed by atoms with Gasteiger partial charge < -0.3 is 14.8 Å². The monoisotopic (exact) mass is 286 g/mol. The van der Waals surface area contributed by atoms with E-state index in [1.165, 1.54) is 0 Å². The molecule has 3 rings (SSSR count). The average molecular weight is 286 g/mol. The Morgan fingerprint density at radius 1 is 1.43 bits per heavy atom. The third kappa shape index (κ3) is 2.78. The third-order valence-electron chi connectivity index (χ3n) is 4.27. The molecule has 1 amide bonds. The van der Waals surface area contributed by atoms with Crippen molar-refractivity contribution >= 4 is 16.9 Å². The van der Waals surface area contributed by atoms with Crippen LogP contribution in [0.5, 0.6) is 0 Å². The van der Waals surface area contributed by atoms with Crippen LogP contribution in [0.2, 0.25) is 0 Å². The van der Waals surface area contributed by atoms with Crippen molar-refractivity contribution in [2.75, 3.05) is 26.7 Å². The van der Waals surface area contributed by atoms with Crippen LogP contribution in [0.25, 0.3) is 11.0 Å². The van der Waals surface area contributed by atoms with Crippen LogP contribution in [0.15, 0.2) is 24.3 Å². The van der Waals surface area contributed by atoms with Crippen LogP contribution >= 0.6 is 0 Å². The molecule has 1 aliphatic rings. The summed E-state index contributed by atoms with van der Waals surface area (Å²) in [6.07, 6.45) is 1.09. The zero-order chi connectivity index (χ0) is 14.8. The molecule has 1 atom stereocenters. The van der Waals surface area contributed by atoms with Gasteiger partial charge in [0.2, 0.25) is 5.91 Å². The number of fused-ring (bicyclic) bond motifs is 1. The molecule has 2 heterocycles. The summed E-state index contributed by atoms with van der Waals surface area (Å²) in [6, 6.07) is 7.98. The first-order chi connectivity index (χ1) is 10.2. The Hall–Kier alpha value is -1.88. The third-order valence-corrected chi connectivity index (χ3v) is 4.27. The number of para-hydroxylation sites is 2. The molecular formula is C16H22N4O. The fourth-order valence-electron chi connectivity index (χ4n) is 3.15. The lowest BCUT2D eigenvalue weighted by atomic mass is 10.1. The first kappa shape index (κ1) is 14.1. The Morgan fingerprint density at radius 2 is 2.24 bits per heavy atom. The Kier molecular flexibility index (Phi) is 3.92. The van der Waals surface area contributed by atoms with Crippen molar-refractivity contribution in [1.82, 2.24) is 19.8 Å². The van der Waals surface area contributed by atoms with Crippen molar-refractivity contribution in [3.63, 3.8) is 0 Å². The van der Waals surface area contributed by atoms with Gasteiger partial charge >= 0.3 is 0 Å². The van der Waals surface area contributed by atoms with E-state index in [0.29, 0.717) is 12.5 Å². The number of hydrogen-bond donors (Lipinski definition) is 1. The zero-order valence-corrected chi connectivity index (χ0v) is 12.7. The molecule has 1 saturated heterocycles. The first-order valence-electron chi connectivity index (χ1n) is 7.53. The number of aryl methyl sites for hydroxylation is 1.